The van der Waals surface area contributed by atoms with Gasteiger partial charge in [-0.05, 0) is 37.1 Å². The second-order valence-electron chi connectivity index (χ2n) is 4.67. The van der Waals surface area contributed by atoms with Crippen molar-refractivity contribution in [1.29, 1.82) is 5.26 Å². The number of carbonyl (C=O) groups is 2. The molecule has 6 nitrogen and oxygen atoms in total. The average Bonchev–Trinajstić information content (AvgIpc) is 2.56. The second-order valence-corrected chi connectivity index (χ2v) is 4.67. The van der Waals surface area contributed by atoms with Crippen LogP contribution in [0.5, 0.6) is 5.75 Å². The van der Waals surface area contributed by atoms with E-state index in [1.54, 1.807) is 24.3 Å². The lowest BCUT2D eigenvalue weighted by molar-refractivity contribution is -0.150. The Morgan fingerprint density at radius 3 is 2.36 bits per heavy atom. The van der Waals surface area contributed by atoms with Gasteiger partial charge in [0.1, 0.15) is 5.75 Å². The highest BCUT2D eigenvalue weighted by Gasteiger charge is 2.11. The normalized spacial score (nSPS) is 9.91. The molecular formula is C16H20N2O4. The van der Waals surface area contributed by atoms with Crippen LogP contribution in [0.25, 0.3) is 0 Å². The molecule has 1 aromatic carbocycles. The fourth-order valence-electron chi connectivity index (χ4n) is 1.72. The van der Waals surface area contributed by atoms with E-state index in [0.717, 1.165) is 12.8 Å². The van der Waals surface area contributed by atoms with Crippen molar-refractivity contribution >= 4 is 11.9 Å². The van der Waals surface area contributed by atoms with Gasteiger partial charge in [-0.25, -0.2) is 4.79 Å². The van der Waals surface area contributed by atoms with Crippen molar-refractivity contribution in [3.05, 3.63) is 29.8 Å². The molecule has 0 aliphatic carbocycles. The third-order valence-electron chi connectivity index (χ3n) is 3.06. The SMILES string of the molecule is CCC(CC)NC(=O)COC(=O)COc1ccc(C#N)cc1. The number of ether oxygens (including phenoxy) is 2. The smallest absolute Gasteiger partial charge is 0.344 e. The summed E-state index contributed by atoms with van der Waals surface area (Å²) in [4.78, 5) is 23.0. The van der Waals surface area contributed by atoms with E-state index in [0.29, 0.717) is 11.3 Å². The molecule has 1 rings (SSSR count). The molecule has 0 unspecified atom stereocenters. The summed E-state index contributed by atoms with van der Waals surface area (Å²) in [5.41, 5.74) is 0.507. The summed E-state index contributed by atoms with van der Waals surface area (Å²) in [6, 6.07) is 8.44. The molecule has 1 aromatic rings. The maximum absolute atomic E-state index is 11.6. The monoisotopic (exact) mass is 304 g/mol. The molecule has 118 valence electrons. The third-order valence-corrected chi connectivity index (χ3v) is 3.06. The fraction of sp³-hybridized carbons (Fsp3) is 0.438. The summed E-state index contributed by atoms with van der Waals surface area (Å²) >= 11 is 0. The van der Waals surface area contributed by atoms with Gasteiger partial charge in [0.2, 0.25) is 0 Å². The van der Waals surface area contributed by atoms with Crippen LogP contribution in [0.1, 0.15) is 32.3 Å². The summed E-state index contributed by atoms with van der Waals surface area (Å²) in [5, 5.41) is 11.4. The molecule has 0 fully saturated rings. The van der Waals surface area contributed by atoms with Gasteiger partial charge in [-0.1, -0.05) is 13.8 Å². The van der Waals surface area contributed by atoms with Gasteiger partial charge in [0, 0.05) is 6.04 Å². The van der Waals surface area contributed by atoms with Crippen LogP contribution in [-0.2, 0) is 14.3 Å². The van der Waals surface area contributed by atoms with Crippen LogP contribution in [0.3, 0.4) is 0 Å². The first-order chi connectivity index (χ1) is 10.6. The molecule has 0 radical (unpaired) electrons. The Hall–Kier alpha value is -2.55. The van der Waals surface area contributed by atoms with Crippen molar-refractivity contribution in [3.63, 3.8) is 0 Å². The van der Waals surface area contributed by atoms with Crippen LogP contribution >= 0.6 is 0 Å². The zero-order chi connectivity index (χ0) is 16.4. The van der Waals surface area contributed by atoms with Crippen LogP contribution in [-0.4, -0.2) is 31.1 Å². The number of nitrogens with zero attached hydrogens (tertiary/aromatic N) is 1. The highest BCUT2D eigenvalue weighted by Crippen LogP contribution is 2.11. The Balaban J connectivity index is 2.28. The number of nitriles is 1. The Morgan fingerprint density at radius 2 is 1.82 bits per heavy atom. The molecular weight excluding hydrogens is 284 g/mol. The minimum atomic E-state index is -0.621. The molecule has 1 N–H and O–H groups in total. The largest absolute Gasteiger partial charge is 0.482 e. The van der Waals surface area contributed by atoms with Crippen LogP contribution in [0.4, 0.5) is 0 Å². The molecule has 0 aliphatic heterocycles. The van der Waals surface area contributed by atoms with Gasteiger partial charge >= 0.3 is 5.97 Å². The molecule has 22 heavy (non-hydrogen) atoms. The van der Waals surface area contributed by atoms with Gasteiger partial charge in [-0.2, -0.15) is 5.26 Å². The van der Waals surface area contributed by atoms with Crippen molar-refractivity contribution in [2.45, 2.75) is 32.7 Å². The molecule has 0 saturated heterocycles. The Labute approximate surface area is 130 Å². The van der Waals surface area contributed by atoms with E-state index in [1.165, 1.54) is 0 Å². The maximum Gasteiger partial charge on any atom is 0.344 e. The lowest BCUT2D eigenvalue weighted by atomic mass is 10.2. The molecule has 0 saturated carbocycles. The number of carbonyl (C=O) groups excluding carboxylic acids is 2. The lowest BCUT2D eigenvalue weighted by Gasteiger charge is -2.14. The minimum absolute atomic E-state index is 0.0982. The second kappa shape index (κ2) is 9.40. The molecule has 6 heteroatoms. The zero-order valence-electron chi connectivity index (χ0n) is 12.8. The van der Waals surface area contributed by atoms with E-state index in [2.05, 4.69) is 5.32 Å². The molecule has 0 bridgehead atoms. The van der Waals surface area contributed by atoms with Gasteiger partial charge in [0.15, 0.2) is 13.2 Å². The van der Waals surface area contributed by atoms with Crippen LogP contribution in [0.15, 0.2) is 24.3 Å². The predicted octanol–water partition coefficient (Wildman–Crippen LogP) is 1.79. The molecule has 0 aliphatic rings. The number of benzene rings is 1. The van der Waals surface area contributed by atoms with E-state index in [-0.39, 0.29) is 25.2 Å². The molecule has 1 amide bonds. The number of hydrogen-bond donors (Lipinski definition) is 1. The summed E-state index contributed by atoms with van der Waals surface area (Å²) in [6.45, 7) is 3.36. The topological polar surface area (TPSA) is 88.4 Å². The average molecular weight is 304 g/mol. The standard InChI is InChI=1S/C16H20N2O4/c1-3-13(4-2)18-15(19)10-22-16(20)11-21-14-7-5-12(9-17)6-8-14/h5-8,13H,3-4,10-11H2,1-2H3,(H,18,19). The molecule has 0 heterocycles. The maximum atomic E-state index is 11.6. The Kier molecular flexibility index (Phi) is 7.48. The summed E-state index contributed by atoms with van der Waals surface area (Å²) < 4.78 is 10.0. The van der Waals surface area contributed by atoms with Crippen molar-refractivity contribution < 1.29 is 19.1 Å². The lowest BCUT2D eigenvalue weighted by Crippen LogP contribution is -2.37. The number of nitrogens with one attached hydrogen (secondary N) is 1. The van der Waals surface area contributed by atoms with E-state index in [9.17, 15) is 9.59 Å². The van der Waals surface area contributed by atoms with Crippen molar-refractivity contribution in [2.24, 2.45) is 0 Å². The number of esters is 1. The van der Waals surface area contributed by atoms with E-state index < -0.39 is 5.97 Å². The first-order valence-corrected chi connectivity index (χ1v) is 7.17. The van der Waals surface area contributed by atoms with Crippen LogP contribution in [0, 0.1) is 11.3 Å². The van der Waals surface area contributed by atoms with E-state index in [4.69, 9.17) is 14.7 Å². The first kappa shape index (κ1) is 17.5. The Morgan fingerprint density at radius 1 is 1.18 bits per heavy atom. The van der Waals surface area contributed by atoms with Gasteiger partial charge in [-0.15, -0.1) is 0 Å². The quantitative estimate of drug-likeness (QED) is 0.740. The first-order valence-electron chi connectivity index (χ1n) is 7.17. The zero-order valence-corrected chi connectivity index (χ0v) is 12.8. The molecule has 0 aromatic heterocycles. The van der Waals surface area contributed by atoms with Gasteiger partial charge < -0.3 is 14.8 Å². The highest BCUT2D eigenvalue weighted by molar-refractivity contribution is 5.81. The van der Waals surface area contributed by atoms with Crippen molar-refractivity contribution in [1.82, 2.24) is 5.32 Å². The third kappa shape index (κ3) is 6.27. The molecule has 0 spiro atoms. The minimum Gasteiger partial charge on any atom is -0.482 e. The summed E-state index contributed by atoms with van der Waals surface area (Å²) in [5.74, 6) is -0.484. The summed E-state index contributed by atoms with van der Waals surface area (Å²) in [6.07, 6.45) is 1.66. The number of amides is 1. The van der Waals surface area contributed by atoms with Crippen LogP contribution < -0.4 is 10.1 Å². The van der Waals surface area contributed by atoms with Crippen molar-refractivity contribution in [2.75, 3.05) is 13.2 Å². The van der Waals surface area contributed by atoms with Crippen LogP contribution in [0.2, 0.25) is 0 Å². The van der Waals surface area contributed by atoms with E-state index >= 15 is 0 Å². The van der Waals surface area contributed by atoms with Gasteiger partial charge in [0.25, 0.3) is 5.91 Å². The fourth-order valence-corrected chi connectivity index (χ4v) is 1.72. The Bertz CT molecular complexity index is 530. The number of rotatable bonds is 8. The van der Waals surface area contributed by atoms with Crippen molar-refractivity contribution in [3.8, 4) is 11.8 Å². The predicted molar refractivity (Wildman–Crippen MR) is 80.1 cm³/mol. The van der Waals surface area contributed by atoms with Gasteiger partial charge in [-0.3, -0.25) is 4.79 Å². The van der Waals surface area contributed by atoms with E-state index in [1.807, 2.05) is 19.9 Å². The van der Waals surface area contributed by atoms with Gasteiger partial charge in [0.05, 0.1) is 11.6 Å². The summed E-state index contributed by atoms with van der Waals surface area (Å²) in [7, 11) is 0. The number of hydrogen-bond acceptors (Lipinski definition) is 5. The highest BCUT2D eigenvalue weighted by atomic mass is 16.6. The molecule has 0 atom stereocenters.